The van der Waals surface area contributed by atoms with Gasteiger partial charge in [0, 0.05) is 19.5 Å². The van der Waals surface area contributed by atoms with Crippen LogP contribution in [0.5, 0.6) is 12.0 Å². The number of ether oxygens (including phenoxy) is 2. The van der Waals surface area contributed by atoms with E-state index in [1.165, 1.54) is 12.8 Å². The fraction of sp³-hybridized carbons (Fsp3) is 0.538. The highest BCUT2D eigenvalue weighted by molar-refractivity contribution is 5.83. The SMILES string of the molecule is COc1nc2c(N)nc(OCCCCCC(C)C)nc2n1Cc1cccc(CN2CCCC2=O)c1. The van der Waals surface area contributed by atoms with Crippen molar-refractivity contribution in [1.29, 1.82) is 0 Å². The number of fused-ring (bicyclic) bond motifs is 1. The molecule has 9 nitrogen and oxygen atoms in total. The number of carbonyl (C=O) groups is 1. The third-order valence-electron chi connectivity index (χ3n) is 6.28. The van der Waals surface area contributed by atoms with E-state index in [0.29, 0.717) is 43.3 Å². The van der Waals surface area contributed by atoms with Gasteiger partial charge >= 0.3 is 6.01 Å². The van der Waals surface area contributed by atoms with Crippen LogP contribution in [0.3, 0.4) is 0 Å². The Labute approximate surface area is 206 Å². The maximum atomic E-state index is 12.0. The minimum atomic E-state index is 0.220. The first-order valence-corrected chi connectivity index (χ1v) is 12.5. The van der Waals surface area contributed by atoms with Crippen LogP contribution < -0.4 is 15.2 Å². The average molecular weight is 481 g/mol. The van der Waals surface area contributed by atoms with Crippen LogP contribution in [0.15, 0.2) is 24.3 Å². The molecule has 1 aromatic carbocycles. The highest BCUT2D eigenvalue weighted by Crippen LogP contribution is 2.27. The molecule has 0 atom stereocenters. The minimum absolute atomic E-state index is 0.220. The highest BCUT2D eigenvalue weighted by Gasteiger charge is 2.21. The molecular weight excluding hydrogens is 444 g/mol. The predicted molar refractivity (Wildman–Crippen MR) is 135 cm³/mol. The predicted octanol–water partition coefficient (Wildman–Crippen LogP) is 4.18. The molecule has 1 aliphatic heterocycles. The highest BCUT2D eigenvalue weighted by atomic mass is 16.5. The van der Waals surface area contributed by atoms with Crippen molar-refractivity contribution in [3.63, 3.8) is 0 Å². The molecule has 1 saturated heterocycles. The van der Waals surface area contributed by atoms with Crippen LogP contribution in [0.25, 0.3) is 11.2 Å². The number of likely N-dealkylation sites (tertiary alicyclic amines) is 1. The summed E-state index contributed by atoms with van der Waals surface area (Å²) >= 11 is 0. The molecule has 35 heavy (non-hydrogen) atoms. The van der Waals surface area contributed by atoms with Crippen molar-refractivity contribution < 1.29 is 14.3 Å². The van der Waals surface area contributed by atoms with Gasteiger partial charge in [-0.2, -0.15) is 15.0 Å². The zero-order valence-electron chi connectivity index (χ0n) is 21.0. The van der Waals surface area contributed by atoms with Crippen LogP contribution in [-0.4, -0.2) is 50.6 Å². The second-order valence-corrected chi connectivity index (χ2v) is 9.58. The monoisotopic (exact) mass is 480 g/mol. The van der Waals surface area contributed by atoms with Gasteiger partial charge in [0.1, 0.15) is 0 Å². The number of rotatable bonds is 12. The first kappa shape index (κ1) is 24.8. The van der Waals surface area contributed by atoms with Crippen LogP contribution >= 0.6 is 0 Å². The molecule has 3 aromatic rings. The number of imidazole rings is 1. The molecule has 0 aliphatic carbocycles. The van der Waals surface area contributed by atoms with Gasteiger partial charge < -0.3 is 20.1 Å². The third kappa shape index (κ3) is 6.21. The zero-order valence-corrected chi connectivity index (χ0v) is 21.0. The molecule has 4 rings (SSSR count). The van der Waals surface area contributed by atoms with Gasteiger partial charge in [0.15, 0.2) is 17.0 Å². The number of nitrogen functional groups attached to an aromatic ring is 1. The first-order chi connectivity index (χ1) is 16.9. The van der Waals surface area contributed by atoms with Crippen LogP contribution in [0.4, 0.5) is 5.82 Å². The molecule has 9 heteroatoms. The van der Waals surface area contributed by atoms with Crippen molar-refractivity contribution >= 4 is 22.9 Å². The van der Waals surface area contributed by atoms with Crippen LogP contribution in [0, 0.1) is 5.92 Å². The van der Waals surface area contributed by atoms with E-state index in [1.807, 2.05) is 27.7 Å². The molecule has 0 saturated carbocycles. The first-order valence-electron chi connectivity index (χ1n) is 12.5. The number of nitrogens with two attached hydrogens (primary N) is 1. The molecular formula is C26H36N6O3. The number of nitrogens with zero attached hydrogens (tertiary/aromatic N) is 5. The standard InChI is InChI=1S/C26H36N6O3/c1-18(2)9-5-4-6-14-35-25-29-23(27)22-24(30-25)32(26(28-22)34-3)17-20-11-7-10-19(15-20)16-31-13-8-12-21(31)33/h7,10-11,15,18H,4-6,8-9,12-14,16-17H2,1-3H3,(H2,27,29,30). The number of unbranched alkanes of at least 4 members (excludes halogenated alkanes) is 2. The van der Waals surface area contributed by atoms with Crippen molar-refractivity contribution in [2.45, 2.75) is 65.5 Å². The van der Waals surface area contributed by atoms with Crippen molar-refractivity contribution in [2.75, 3.05) is 26.0 Å². The van der Waals surface area contributed by atoms with Gasteiger partial charge in [-0.15, -0.1) is 0 Å². The lowest BCUT2D eigenvalue weighted by Crippen LogP contribution is -2.23. The van der Waals surface area contributed by atoms with Gasteiger partial charge in [-0.1, -0.05) is 57.4 Å². The number of carbonyl (C=O) groups excluding carboxylic acids is 1. The molecule has 0 spiro atoms. The maximum Gasteiger partial charge on any atom is 0.320 e. The number of methoxy groups -OCH3 is 1. The largest absolute Gasteiger partial charge is 0.468 e. The van der Waals surface area contributed by atoms with Crippen molar-refractivity contribution in [2.24, 2.45) is 5.92 Å². The topological polar surface area (TPSA) is 108 Å². The second kappa shape index (κ2) is 11.4. The molecule has 0 radical (unpaired) electrons. The maximum absolute atomic E-state index is 12.0. The summed E-state index contributed by atoms with van der Waals surface area (Å²) in [5, 5.41) is 0. The molecule has 188 valence electrons. The molecule has 1 fully saturated rings. The van der Waals surface area contributed by atoms with Crippen molar-refractivity contribution in [3.05, 3.63) is 35.4 Å². The summed E-state index contributed by atoms with van der Waals surface area (Å²) in [6.07, 6.45) is 6.05. The van der Waals surface area contributed by atoms with E-state index in [0.717, 1.165) is 42.9 Å². The Kier molecular flexibility index (Phi) is 8.05. The smallest absolute Gasteiger partial charge is 0.320 e. The van der Waals surface area contributed by atoms with Gasteiger partial charge in [-0.25, -0.2) is 0 Å². The lowest BCUT2D eigenvalue weighted by molar-refractivity contribution is -0.128. The summed E-state index contributed by atoms with van der Waals surface area (Å²) in [6.45, 7) is 6.96. The lowest BCUT2D eigenvalue weighted by Gasteiger charge is -2.16. The Morgan fingerprint density at radius 3 is 2.60 bits per heavy atom. The quantitative estimate of drug-likeness (QED) is 0.387. The Bertz CT molecular complexity index is 1160. The number of benzene rings is 1. The molecule has 0 unspecified atom stereocenters. The second-order valence-electron chi connectivity index (χ2n) is 9.58. The van der Waals surface area contributed by atoms with E-state index < -0.39 is 0 Å². The fourth-order valence-electron chi connectivity index (χ4n) is 4.44. The molecule has 2 N–H and O–H groups in total. The fourth-order valence-corrected chi connectivity index (χ4v) is 4.44. The summed E-state index contributed by atoms with van der Waals surface area (Å²) in [5.74, 6) is 1.21. The molecule has 1 aliphatic rings. The Hall–Kier alpha value is -3.36. The Morgan fingerprint density at radius 1 is 1.09 bits per heavy atom. The van der Waals surface area contributed by atoms with Gasteiger partial charge in [0.25, 0.3) is 6.01 Å². The summed E-state index contributed by atoms with van der Waals surface area (Å²) < 4.78 is 13.2. The van der Waals surface area contributed by atoms with Crippen molar-refractivity contribution in [1.82, 2.24) is 24.4 Å². The van der Waals surface area contributed by atoms with Gasteiger partial charge in [-0.3, -0.25) is 9.36 Å². The number of anilines is 1. The number of hydrogen-bond donors (Lipinski definition) is 1. The van der Waals surface area contributed by atoms with Gasteiger partial charge in [0.2, 0.25) is 5.91 Å². The number of aromatic nitrogens is 4. The summed E-state index contributed by atoms with van der Waals surface area (Å²) in [6, 6.07) is 8.87. The van der Waals surface area contributed by atoms with Gasteiger partial charge in [0.05, 0.1) is 20.3 Å². The number of amides is 1. The van der Waals surface area contributed by atoms with Crippen LogP contribution in [0.1, 0.15) is 63.5 Å². The third-order valence-corrected chi connectivity index (χ3v) is 6.28. The van der Waals surface area contributed by atoms with E-state index in [1.54, 1.807) is 7.11 Å². The Balaban J connectivity index is 1.50. The number of hydrogen-bond acceptors (Lipinski definition) is 7. The minimum Gasteiger partial charge on any atom is -0.468 e. The van der Waals surface area contributed by atoms with E-state index in [9.17, 15) is 4.79 Å². The summed E-state index contributed by atoms with van der Waals surface area (Å²) in [5.41, 5.74) is 9.41. The van der Waals surface area contributed by atoms with Gasteiger partial charge in [-0.05, 0) is 29.9 Å². The summed E-state index contributed by atoms with van der Waals surface area (Å²) in [7, 11) is 1.57. The zero-order chi connectivity index (χ0) is 24.8. The summed E-state index contributed by atoms with van der Waals surface area (Å²) in [4.78, 5) is 27.4. The molecule has 1 amide bonds. The van der Waals surface area contributed by atoms with E-state index >= 15 is 0 Å². The molecule has 0 bridgehead atoms. The average Bonchev–Trinajstić information content (AvgIpc) is 3.39. The van der Waals surface area contributed by atoms with E-state index in [4.69, 9.17) is 15.2 Å². The molecule has 2 aromatic heterocycles. The van der Waals surface area contributed by atoms with E-state index in [-0.39, 0.29) is 17.7 Å². The molecule has 3 heterocycles. The Morgan fingerprint density at radius 2 is 1.89 bits per heavy atom. The van der Waals surface area contributed by atoms with E-state index in [2.05, 4.69) is 34.9 Å². The normalized spacial score (nSPS) is 13.8. The van der Waals surface area contributed by atoms with Crippen LogP contribution in [0.2, 0.25) is 0 Å². The van der Waals surface area contributed by atoms with Crippen LogP contribution in [-0.2, 0) is 17.9 Å². The van der Waals surface area contributed by atoms with Crippen molar-refractivity contribution in [3.8, 4) is 12.0 Å². The lowest BCUT2D eigenvalue weighted by atomic mass is 10.1.